The lowest BCUT2D eigenvalue weighted by molar-refractivity contribution is 0.103. The Hall–Kier alpha value is -2.35. The molecule has 2 heteroatoms. The summed E-state index contributed by atoms with van der Waals surface area (Å²) in [4.78, 5) is 12.3. The van der Waals surface area contributed by atoms with Crippen LogP contribution in [-0.2, 0) is 0 Å². The molecule has 2 nitrogen and oxygen atoms in total. The van der Waals surface area contributed by atoms with Crippen molar-refractivity contribution in [3.8, 4) is 0 Å². The highest BCUT2D eigenvalue weighted by molar-refractivity contribution is 6.08. The summed E-state index contributed by atoms with van der Waals surface area (Å²) in [5.74, 6) is 0.0173. The van der Waals surface area contributed by atoms with Gasteiger partial charge in [-0.05, 0) is 30.3 Å². The van der Waals surface area contributed by atoms with Gasteiger partial charge in [0.25, 0.3) is 0 Å². The monoisotopic (exact) mass is 220 g/mol. The Balaban J connectivity index is 2.16. The molecule has 0 amide bonds. The van der Waals surface area contributed by atoms with E-state index in [1.54, 1.807) is 6.07 Å². The SMILES string of the molecule is O=C(c1ccccc1)c1c[c]cc2cccn12. The van der Waals surface area contributed by atoms with E-state index in [9.17, 15) is 4.79 Å². The molecule has 0 saturated heterocycles. The van der Waals surface area contributed by atoms with E-state index in [4.69, 9.17) is 0 Å². The van der Waals surface area contributed by atoms with E-state index in [1.807, 2.05) is 59.1 Å². The van der Waals surface area contributed by atoms with Crippen molar-refractivity contribution in [1.82, 2.24) is 4.40 Å². The van der Waals surface area contributed by atoms with Crippen molar-refractivity contribution in [2.75, 3.05) is 0 Å². The molecule has 3 rings (SSSR count). The Morgan fingerprint density at radius 3 is 2.65 bits per heavy atom. The maximum atomic E-state index is 12.3. The molecule has 0 aliphatic rings. The Morgan fingerprint density at radius 1 is 1.00 bits per heavy atom. The Labute approximate surface area is 99.1 Å². The molecule has 17 heavy (non-hydrogen) atoms. The number of aromatic nitrogens is 1. The van der Waals surface area contributed by atoms with Crippen LogP contribution in [0, 0.1) is 6.07 Å². The van der Waals surface area contributed by atoms with Crippen LogP contribution in [0.5, 0.6) is 0 Å². The number of nitrogens with zero attached hydrogens (tertiary/aromatic N) is 1. The molecule has 2 heterocycles. The molecular formula is C15H10NO. The number of hydrogen-bond acceptors (Lipinski definition) is 1. The minimum atomic E-state index is 0.0173. The van der Waals surface area contributed by atoms with Crippen molar-refractivity contribution < 1.29 is 4.79 Å². The molecule has 2 aromatic heterocycles. The predicted octanol–water partition coefficient (Wildman–Crippen LogP) is 2.97. The van der Waals surface area contributed by atoms with E-state index in [2.05, 4.69) is 6.07 Å². The second-order valence-corrected chi connectivity index (χ2v) is 3.84. The highest BCUT2D eigenvalue weighted by atomic mass is 16.1. The van der Waals surface area contributed by atoms with Crippen LogP contribution in [0.25, 0.3) is 5.52 Å². The number of carbonyl (C=O) groups is 1. The van der Waals surface area contributed by atoms with Crippen LogP contribution in [0.2, 0.25) is 0 Å². The van der Waals surface area contributed by atoms with Crippen molar-refractivity contribution in [2.45, 2.75) is 0 Å². The topological polar surface area (TPSA) is 21.5 Å². The lowest BCUT2D eigenvalue weighted by Gasteiger charge is -2.04. The minimum absolute atomic E-state index is 0.0173. The van der Waals surface area contributed by atoms with E-state index in [0.717, 1.165) is 5.52 Å². The van der Waals surface area contributed by atoms with Gasteiger partial charge in [0.05, 0.1) is 5.69 Å². The first-order valence-corrected chi connectivity index (χ1v) is 5.43. The fourth-order valence-corrected chi connectivity index (χ4v) is 1.92. The Morgan fingerprint density at radius 2 is 1.82 bits per heavy atom. The zero-order valence-electron chi connectivity index (χ0n) is 9.13. The zero-order chi connectivity index (χ0) is 11.7. The summed E-state index contributed by atoms with van der Waals surface area (Å²) in [6.07, 6.45) is 1.89. The smallest absolute Gasteiger partial charge is 0.209 e. The summed E-state index contributed by atoms with van der Waals surface area (Å²) < 4.78 is 1.88. The molecule has 0 saturated carbocycles. The van der Waals surface area contributed by atoms with Gasteiger partial charge in [0.2, 0.25) is 5.78 Å². The van der Waals surface area contributed by atoms with Crippen LogP contribution in [-0.4, -0.2) is 10.2 Å². The van der Waals surface area contributed by atoms with Crippen molar-refractivity contribution in [1.29, 1.82) is 0 Å². The van der Waals surface area contributed by atoms with Gasteiger partial charge in [-0.15, -0.1) is 0 Å². The van der Waals surface area contributed by atoms with Gasteiger partial charge in [0.15, 0.2) is 0 Å². The second kappa shape index (κ2) is 3.91. The van der Waals surface area contributed by atoms with E-state index >= 15 is 0 Å². The molecule has 0 unspecified atom stereocenters. The number of ketones is 1. The number of carbonyl (C=O) groups excluding carboxylic acids is 1. The van der Waals surface area contributed by atoms with Crippen LogP contribution >= 0.6 is 0 Å². The number of hydrogen-bond donors (Lipinski definition) is 0. The molecule has 3 aromatic rings. The van der Waals surface area contributed by atoms with Gasteiger partial charge in [-0.3, -0.25) is 4.79 Å². The van der Waals surface area contributed by atoms with E-state index in [1.165, 1.54) is 0 Å². The summed E-state index contributed by atoms with van der Waals surface area (Å²) in [6.45, 7) is 0. The maximum absolute atomic E-state index is 12.3. The van der Waals surface area contributed by atoms with Crippen LogP contribution < -0.4 is 0 Å². The zero-order valence-corrected chi connectivity index (χ0v) is 9.13. The molecule has 0 aliphatic heterocycles. The van der Waals surface area contributed by atoms with Gasteiger partial charge in [-0.2, -0.15) is 0 Å². The van der Waals surface area contributed by atoms with Gasteiger partial charge >= 0.3 is 0 Å². The molecule has 0 fully saturated rings. The molecule has 0 spiro atoms. The highest BCUT2D eigenvalue weighted by Gasteiger charge is 2.11. The largest absolute Gasteiger partial charge is 0.314 e. The molecule has 1 aromatic carbocycles. The van der Waals surface area contributed by atoms with Crippen molar-refractivity contribution >= 4 is 11.3 Å². The summed E-state index contributed by atoms with van der Waals surface area (Å²) >= 11 is 0. The Kier molecular flexibility index (Phi) is 2.26. The maximum Gasteiger partial charge on any atom is 0.209 e. The number of benzene rings is 1. The molecule has 0 atom stereocenters. The first kappa shape index (κ1) is 9.85. The molecule has 0 aliphatic carbocycles. The molecule has 81 valence electrons. The molecule has 1 radical (unpaired) electrons. The third-order valence-electron chi connectivity index (χ3n) is 2.76. The fraction of sp³-hybridized carbons (Fsp3) is 0. The fourth-order valence-electron chi connectivity index (χ4n) is 1.92. The number of fused-ring (bicyclic) bond motifs is 1. The molecular weight excluding hydrogens is 210 g/mol. The lowest BCUT2D eigenvalue weighted by atomic mass is 10.1. The van der Waals surface area contributed by atoms with Gasteiger partial charge in [-0.1, -0.05) is 30.3 Å². The summed E-state index contributed by atoms with van der Waals surface area (Å²) in [5.41, 5.74) is 2.31. The Bertz CT molecular complexity index is 667. The average molecular weight is 220 g/mol. The summed E-state index contributed by atoms with van der Waals surface area (Å²) in [6, 6.07) is 19.8. The van der Waals surface area contributed by atoms with Crippen molar-refractivity contribution in [2.24, 2.45) is 0 Å². The standard InChI is InChI=1S/C15H10NO/c17-15(12-6-2-1-3-7-12)14-10-4-8-13-9-5-11-16(13)14/h1-3,5-11H. The first-order chi connectivity index (χ1) is 8.36. The van der Waals surface area contributed by atoms with E-state index in [-0.39, 0.29) is 5.78 Å². The second-order valence-electron chi connectivity index (χ2n) is 3.84. The van der Waals surface area contributed by atoms with Crippen molar-refractivity contribution in [3.63, 3.8) is 0 Å². The van der Waals surface area contributed by atoms with E-state index in [0.29, 0.717) is 11.3 Å². The number of rotatable bonds is 2. The third-order valence-corrected chi connectivity index (χ3v) is 2.76. The normalized spacial score (nSPS) is 10.6. The predicted molar refractivity (Wildman–Crippen MR) is 66.1 cm³/mol. The quantitative estimate of drug-likeness (QED) is 0.608. The van der Waals surface area contributed by atoms with Gasteiger partial charge < -0.3 is 4.40 Å². The van der Waals surface area contributed by atoms with Crippen LogP contribution in [0.1, 0.15) is 16.1 Å². The van der Waals surface area contributed by atoms with Crippen LogP contribution in [0.15, 0.2) is 60.8 Å². The third kappa shape index (κ3) is 1.64. The van der Waals surface area contributed by atoms with Crippen LogP contribution in [0.3, 0.4) is 0 Å². The number of pyridine rings is 1. The minimum Gasteiger partial charge on any atom is -0.314 e. The average Bonchev–Trinajstić information content (AvgIpc) is 2.87. The van der Waals surface area contributed by atoms with Gasteiger partial charge in [0.1, 0.15) is 0 Å². The lowest BCUT2D eigenvalue weighted by Crippen LogP contribution is -2.06. The van der Waals surface area contributed by atoms with Gasteiger partial charge in [-0.25, -0.2) is 0 Å². The first-order valence-electron chi connectivity index (χ1n) is 5.43. The van der Waals surface area contributed by atoms with Crippen LogP contribution in [0.4, 0.5) is 0 Å². The summed E-state index contributed by atoms with van der Waals surface area (Å²) in [5, 5.41) is 0. The highest BCUT2D eigenvalue weighted by Crippen LogP contribution is 2.13. The molecule has 0 bridgehead atoms. The summed E-state index contributed by atoms with van der Waals surface area (Å²) in [7, 11) is 0. The van der Waals surface area contributed by atoms with E-state index < -0.39 is 0 Å². The molecule has 0 N–H and O–H groups in total. The van der Waals surface area contributed by atoms with Crippen molar-refractivity contribution in [3.05, 3.63) is 78.1 Å². The van der Waals surface area contributed by atoms with Gasteiger partial charge in [0, 0.05) is 17.3 Å².